The van der Waals surface area contributed by atoms with Crippen molar-refractivity contribution in [2.45, 2.75) is 43.1 Å². The molecule has 0 bridgehead atoms. The van der Waals surface area contributed by atoms with Gasteiger partial charge in [-0.3, -0.25) is 9.69 Å². The third kappa shape index (κ3) is 2.88. The Kier molecular flexibility index (Phi) is 4.65. The number of hydrogen-bond acceptors (Lipinski definition) is 3. The van der Waals surface area contributed by atoms with Gasteiger partial charge in [-0.25, -0.2) is 13.8 Å². The van der Waals surface area contributed by atoms with E-state index < -0.39 is 23.1 Å². The summed E-state index contributed by atoms with van der Waals surface area (Å²) >= 11 is 0. The highest BCUT2D eigenvalue weighted by atomic mass is 19.1. The Hall–Kier alpha value is -3.20. The van der Waals surface area contributed by atoms with Gasteiger partial charge in [-0.2, -0.15) is 0 Å². The van der Waals surface area contributed by atoms with Crippen molar-refractivity contribution in [3.63, 3.8) is 0 Å². The molecule has 0 aromatic heterocycles. The summed E-state index contributed by atoms with van der Waals surface area (Å²) in [5.41, 5.74) is 6.21. The maximum absolute atomic E-state index is 14.7. The number of rotatable bonds is 3. The summed E-state index contributed by atoms with van der Waals surface area (Å²) in [6.45, 7) is 1.65. The monoisotopic (exact) mass is 407 g/mol. The number of nitrogens with zero attached hydrogens (tertiary/aromatic N) is 2. The van der Waals surface area contributed by atoms with E-state index in [-0.39, 0.29) is 22.8 Å². The largest absolute Gasteiger partial charge is 0.369 e. The summed E-state index contributed by atoms with van der Waals surface area (Å²) in [4.78, 5) is 19.0. The minimum absolute atomic E-state index is 0.0140. The molecule has 1 heterocycles. The summed E-state index contributed by atoms with van der Waals surface area (Å²) in [6.07, 6.45) is 8.74. The zero-order chi connectivity index (χ0) is 21.7. The molecule has 0 saturated heterocycles. The SMILES string of the molecule is C#CC1(c2ccc([C@@H]3C(=O)N(C)C(N)=N[C@]3(C)c3ccc(F)cc3F)cc2)CCC1. The lowest BCUT2D eigenvalue weighted by Crippen LogP contribution is -2.52. The van der Waals surface area contributed by atoms with Gasteiger partial charge in [0.2, 0.25) is 5.91 Å². The van der Waals surface area contributed by atoms with Crippen LogP contribution in [0.1, 0.15) is 48.8 Å². The maximum atomic E-state index is 14.7. The molecular weight excluding hydrogens is 384 g/mol. The van der Waals surface area contributed by atoms with E-state index in [1.165, 1.54) is 18.0 Å². The maximum Gasteiger partial charge on any atom is 0.239 e. The van der Waals surface area contributed by atoms with E-state index in [1.54, 1.807) is 6.92 Å². The lowest BCUT2D eigenvalue weighted by molar-refractivity contribution is -0.130. The number of carbonyl (C=O) groups is 1. The Bertz CT molecular complexity index is 1080. The molecule has 4 rings (SSSR count). The lowest BCUT2D eigenvalue weighted by Gasteiger charge is -2.41. The quantitative estimate of drug-likeness (QED) is 0.787. The van der Waals surface area contributed by atoms with Gasteiger partial charge < -0.3 is 5.73 Å². The Morgan fingerprint density at radius 3 is 2.40 bits per heavy atom. The number of benzene rings is 2. The van der Waals surface area contributed by atoms with Crippen molar-refractivity contribution in [2.24, 2.45) is 10.7 Å². The number of hydrogen-bond donors (Lipinski definition) is 1. The topological polar surface area (TPSA) is 58.7 Å². The first-order valence-corrected chi connectivity index (χ1v) is 9.88. The van der Waals surface area contributed by atoms with Gasteiger partial charge in [0.1, 0.15) is 17.2 Å². The van der Waals surface area contributed by atoms with Gasteiger partial charge in [-0.15, -0.1) is 6.42 Å². The number of halogens is 2. The van der Waals surface area contributed by atoms with Crippen LogP contribution in [0.2, 0.25) is 0 Å². The number of terminal acetylenes is 1. The molecule has 0 unspecified atom stereocenters. The van der Waals surface area contributed by atoms with Crippen molar-refractivity contribution in [1.29, 1.82) is 0 Å². The van der Waals surface area contributed by atoms with Gasteiger partial charge in [0.25, 0.3) is 0 Å². The molecule has 1 saturated carbocycles. The number of nitrogens with two attached hydrogens (primary N) is 1. The Morgan fingerprint density at radius 2 is 1.87 bits per heavy atom. The van der Waals surface area contributed by atoms with Crippen molar-refractivity contribution >= 4 is 11.9 Å². The van der Waals surface area contributed by atoms with Crippen LogP contribution in [-0.2, 0) is 15.7 Å². The van der Waals surface area contributed by atoms with Gasteiger partial charge in [-0.1, -0.05) is 36.3 Å². The first-order chi connectivity index (χ1) is 14.2. The molecule has 2 atom stereocenters. The zero-order valence-corrected chi connectivity index (χ0v) is 17.0. The standard InChI is InChI=1S/C24H23F2N3O/c1-4-24(12-5-13-24)16-8-6-15(7-9-16)20-21(30)29(3)22(27)28-23(20,2)18-11-10-17(25)14-19(18)26/h1,6-11,14,20H,5,12-13H2,2-3H3,(H2,27,28)/t20-,23-/m1/s1. The average Bonchev–Trinajstić information content (AvgIpc) is 2.67. The number of likely N-dealkylation sites (N-methyl/N-ethyl adjacent to an activating group) is 1. The van der Waals surface area contributed by atoms with Gasteiger partial charge in [-0.05, 0) is 43.4 Å². The third-order valence-electron chi connectivity index (χ3n) is 6.59. The molecule has 2 aromatic carbocycles. The van der Waals surface area contributed by atoms with Gasteiger partial charge >= 0.3 is 0 Å². The fourth-order valence-corrected chi connectivity index (χ4v) is 4.55. The van der Waals surface area contributed by atoms with Crippen LogP contribution < -0.4 is 5.73 Å². The minimum atomic E-state index is -1.33. The third-order valence-corrected chi connectivity index (χ3v) is 6.59. The van der Waals surface area contributed by atoms with Crippen LogP contribution in [0.15, 0.2) is 47.5 Å². The summed E-state index contributed by atoms with van der Waals surface area (Å²) in [5.74, 6) is 0.292. The molecule has 1 fully saturated rings. The molecule has 6 heteroatoms. The Labute approximate surface area is 174 Å². The first-order valence-electron chi connectivity index (χ1n) is 9.88. The summed E-state index contributed by atoms with van der Waals surface area (Å²) in [5, 5.41) is 0. The smallest absolute Gasteiger partial charge is 0.239 e. The molecule has 2 aliphatic rings. The van der Waals surface area contributed by atoms with E-state index in [1.807, 2.05) is 24.3 Å². The molecule has 2 N–H and O–H groups in total. The van der Waals surface area contributed by atoms with Crippen LogP contribution in [0.4, 0.5) is 8.78 Å². The van der Waals surface area contributed by atoms with E-state index in [0.29, 0.717) is 5.56 Å². The fourth-order valence-electron chi connectivity index (χ4n) is 4.55. The van der Waals surface area contributed by atoms with Gasteiger partial charge in [0.05, 0.1) is 11.3 Å². The fraction of sp³-hybridized carbons (Fsp3) is 0.333. The Balaban J connectivity index is 1.83. The molecule has 1 aliphatic carbocycles. The van der Waals surface area contributed by atoms with E-state index in [9.17, 15) is 13.6 Å². The van der Waals surface area contributed by atoms with Crippen molar-refractivity contribution < 1.29 is 13.6 Å². The zero-order valence-electron chi connectivity index (χ0n) is 17.0. The second-order valence-corrected chi connectivity index (χ2v) is 8.27. The van der Waals surface area contributed by atoms with Crippen LogP contribution in [0.25, 0.3) is 0 Å². The molecule has 2 aromatic rings. The summed E-state index contributed by atoms with van der Waals surface area (Å²) in [6, 6.07) is 10.8. The molecule has 30 heavy (non-hydrogen) atoms. The minimum Gasteiger partial charge on any atom is -0.369 e. The normalized spacial score (nSPS) is 25.3. The second kappa shape index (κ2) is 6.94. The number of aliphatic imine (C=N–C) groups is 1. The predicted octanol–water partition coefficient (Wildman–Crippen LogP) is 3.81. The van der Waals surface area contributed by atoms with E-state index in [2.05, 4.69) is 10.9 Å². The predicted molar refractivity (Wildman–Crippen MR) is 112 cm³/mol. The molecular formula is C24H23F2N3O. The van der Waals surface area contributed by atoms with Crippen LogP contribution >= 0.6 is 0 Å². The molecule has 1 aliphatic heterocycles. The van der Waals surface area contributed by atoms with Crippen LogP contribution in [0.5, 0.6) is 0 Å². The lowest BCUT2D eigenvalue weighted by atomic mass is 9.65. The van der Waals surface area contributed by atoms with Crippen LogP contribution in [-0.4, -0.2) is 23.8 Å². The molecule has 0 radical (unpaired) electrons. The molecule has 4 nitrogen and oxygen atoms in total. The van der Waals surface area contributed by atoms with Crippen LogP contribution in [0, 0.1) is 24.0 Å². The van der Waals surface area contributed by atoms with E-state index >= 15 is 0 Å². The molecule has 1 amide bonds. The van der Waals surface area contributed by atoms with Crippen molar-refractivity contribution in [2.75, 3.05) is 7.05 Å². The van der Waals surface area contributed by atoms with Crippen molar-refractivity contribution in [3.05, 3.63) is 70.8 Å². The summed E-state index contributed by atoms with van der Waals surface area (Å²) in [7, 11) is 1.53. The van der Waals surface area contributed by atoms with Gasteiger partial charge in [0.15, 0.2) is 5.96 Å². The first kappa shape index (κ1) is 20.1. The molecule has 154 valence electrons. The number of amides is 1. The molecule has 0 spiro atoms. The van der Waals surface area contributed by atoms with Crippen LogP contribution in [0.3, 0.4) is 0 Å². The Morgan fingerprint density at radius 1 is 1.20 bits per heavy atom. The van der Waals surface area contributed by atoms with Crippen molar-refractivity contribution in [1.82, 2.24) is 4.90 Å². The van der Waals surface area contributed by atoms with E-state index in [4.69, 9.17) is 12.2 Å². The van der Waals surface area contributed by atoms with Crippen molar-refractivity contribution in [3.8, 4) is 12.3 Å². The highest BCUT2D eigenvalue weighted by Crippen LogP contribution is 2.47. The highest BCUT2D eigenvalue weighted by Gasteiger charge is 2.48. The summed E-state index contributed by atoms with van der Waals surface area (Å²) < 4.78 is 28.3. The number of carbonyl (C=O) groups excluding carboxylic acids is 1. The average molecular weight is 407 g/mol. The second-order valence-electron chi connectivity index (χ2n) is 8.27. The van der Waals surface area contributed by atoms with Gasteiger partial charge in [0, 0.05) is 18.7 Å². The highest BCUT2D eigenvalue weighted by molar-refractivity contribution is 6.02. The van der Waals surface area contributed by atoms with E-state index in [0.717, 1.165) is 37.0 Å². The number of guanidine groups is 1.